The molecule has 5 unspecified atom stereocenters. The maximum atomic E-state index is 8.74. The predicted octanol–water partition coefficient (Wildman–Crippen LogP) is 1.37. The van der Waals surface area contributed by atoms with Crippen molar-refractivity contribution in [3.05, 3.63) is 24.3 Å². The van der Waals surface area contributed by atoms with Gasteiger partial charge in [-0.05, 0) is 24.2 Å². The molecule has 0 saturated heterocycles. The van der Waals surface area contributed by atoms with E-state index < -0.39 is 0 Å². The van der Waals surface area contributed by atoms with Gasteiger partial charge in [0.15, 0.2) is 0 Å². The van der Waals surface area contributed by atoms with Crippen LogP contribution in [0.4, 0.5) is 0 Å². The van der Waals surface area contributed by atoms with Crippen LogP contribution in [0.2, 0.25) is 0 Å². The number of hydrogen-bond donors (Lipinski definition) is 1. The van der Waals surface area contributed by atoms with Gasteiger partial charge in [-0.25, -0.2) is 0 Å². The molecular formula is C12H16O2. The molecule has 0 heterocycles. The van der Waals surface area contributed by atoms with Crippen molar-refractivity contribution in [1.29, 1.82) is 0 Å². The molecular weight excluding hydrogens is 176 g/mol. The van der Waals surface area contributed by atoms with Gasteiger partial charge in [-0.15, -0.1) is 0 Å². The Morgan fingerprint density at radius 2 is 2.00 bits per heavy atom. The molecule has 14 heavy (non-hydrogen) atoms. The summed E-state index contributed by atoms with van der Waals surface area (Å²) in [6, 6.07) is 0. The van der Waals surface area contributed by atoms with Crippen LogP contribution >= 0.6 is 0 Å². The fourth-order valence-electron chi connectivity index (χ4n) is 3.35. The van der Waals surface area contributed by atoms with E-state index in [1.807, 2.05) is 0 Å². The topological polar surface area (TPSA) is 29.5 Å². The highest BCUT2D eigenvalue weighted by Crippen LogP contribution is 2.53. The first-order valence-corrected chi connectivity index (χ1v) is 5.49. The van der Waals surface area contributed by atoms with Crippen LogP contribution in [-0.4, -0.2) is 24.4 Å². The highest BCUT2D eigenvalue weighted by atomic mass is 16.5. The van der Waals surface area contributed by atoms with E-state index in [-0.39, 0.29) is 12.7 Å². The molecule has 1 fully saturated rings. The van der Waals surface area contributed by atoms with Gasteiger partial charge in [-0.3, -0.25) is 0 Å². The molecule has 2 bridgehead atoms. The Morgan fingerprint density at radius 1 is 1.14 bits per heavy atom. The lowest BCUT2D eigenvalue weighted by molar-refractivity contribution is 0.0154. The van der Waals surface area contributed by atoms with Gasteiger partial charge in [0.2, 0.25) is 0 Å². The number of allylic oxidation sites excluding steroid dienone is 3. The van der Waals surface area contributed by atoms with Gasteiger partial charge in [0, 0.05) is 5.92 Å². The fraction of sp³-hybridized carbons (Fsp3) is 0.667. The molecule has 0 amide bonds. The standard InChI is InChI=1S/C12H16O2/c13-5-6-14-11-4-3-10-8-1-2-9(7-8)12(10)11/h1-4,8-13H,5-7H2. The zero-order valence-corrected chi connectivity index (χ0v) is 8.17. The van der Waals surface area contributed by atoms with E-state index in [1.54, 1.807) is 0 Å². The lowest BCUT2D eigenvalue weighted by atomic mass is 9.84. The van der Waals surface area contributed by atoms with E-state index in [2.05, 4.69) is 24.3 Å². The van der Waals surface area contributed by atoms with E-state index in [4.69, 9.17) is 9.84 Å². The summed E-state index contributed by atoms with van der Waals surface area (Å²) in [7, 11) is 0. The number of aliphatic hydroxyl groups excluding tert-OH is 1. The highest BCUT2D eigenvalue weighted by molar-refractivity contribution is 5.24. The summed E-state index contributed by atoms with van der Waals surface area (Å²) in [6.45, 7) is 0.602. The molecule has 5 atom stereocenters. The van der Waals surface area contributed by atoms with Crippen molar-refractivity contribution in [2.75, 3.05) is 13.2 Å². The number of rotatable bonds is 3. The Morgan fingerprint density at radius 3 is 2.86 bits per heavy atom. The fourth-order valence-corrected chi connectivity index (χ4v) is 3.35. The smallest absolute Gasteiger partial charge is 0.0796 e. The normalized spacial score (nSPS) is 47.6. The lowest BCUT2D eigenvalue weighted by Gasteiger charge is -2.26. The lowest BCUT2D eigenvalue weighted by Crippen LogP contribution is -2.27. The zero-order chi connectivity index (χ0) is 9.54. The minimum atomic E-state index is 0.131. The Balaban J connectivity index is 1.73. The van der Waals surface area contributed by atoms with E-state index in [0.29, 0.717) is 18.4 Å². The van der Waals surface area contributed by atoms with Crippen LogP contribution in [0.15, 0.2) is 24.3 Å². The molecule has 3 aliphatic rings. The van der Waals surface area contributed by atoms with Crippen molar-refractivity contribution in [3.8, 4) is 0 Å². The summed E-state index contributed by atoms with van der Waals surface area (Å²) in [5, 5.41) is 8.74. The van der Waals surface area contributed by atoms with Gasteiger partial charge < -0.3 is 9.84 Å². The number of hydrogen-bond acceptors (Lipinski definition) is 2. The van der Waals surface area contributed by atoms with E-state index >= 15 is 0 Å². The largest absolute Gasteiger partial charge is 0.394 e. The summed E-state index contributed by atoms with van der Waals surface area (Å²) < 4.78 is 5.65. The average molecular weight is 192 g/mol. The zero-order valence-electron chi connectivity index (χ0n) is 8.17. The van der Waals surface area contributed by atoms with Crippen LogP contribution in [0.5, 0.6) is 0 Å². The minimum Gasteiger partial charge on any atom is -0.394 e. The number of aliphatic hydroxyl groups is 1. The first-order valence-electron chi connectivity index (χ1n) is 5.49. The average Bonchev–Trinajstić information content (AvgIpc) is 2.87. The Hall–Kier alpha value is -0.600. The van der Waals surface area contributed by atoms with Crippen LogP contribution in [0.1, 0.15) is 6.42 Å². The first-order chi connectivity index (χ1) is 6.90. The second kappa shape index (κ2) is 3.21. The number of ether oxygens (including phenoxy) is 1. The Bertz CT molecular complexity index is 282. The summed E-state index contributed by atoms with van der Waals surface area (Å²) in [5.74, 6) is 2.87. The quantitative estimate of drug-likeness (QED) is 0.684. The molecule has 3 aliphatic carbocycles. The second-order valence-electron chi connectivity index (χ2n) is 4.55. The van der Waals surface area contributed by atoms with Gasteiger partial charge in [0.25, 0.3) is 0 Å². The maximum absolute atomic E-state index is 8.74. The summed E-state index contributed by atoms with van der Waals surface area (Å²) in [4.78, 5) is 0. The third kappa shape index (κ3) is 1.11. The number of fused-ring (bicyclic) bond motifs is 5. The molecule has 0 aliphatic heterocycles. The molecule has 1 N–H and O–H groups in total. The molecule has 0 aromatic rings. The van der Waals surface area contributed by atoms with Crippen molar-refractivity contribution < 1.29 is 9.84 Å². The Kier molecular flexibility index (Phi) is 1.99. The van der Waals surface area contributed by atoms with Gasteiger partial charge >= 0.3 is 0 Å². The molecule has 0 spiro atoms. The van der Waals surface area contributed by atoms with Crippen LogP contribution < -0.4 is 0 Å². The van der Waals surface area contributed by atoms with E-state index in [9.17, 15) is 0 Å². The molecule has 1 saturated carbocycles. The summed E-state index contributed by atoms with van der Waals surface area (Å²) in [6.07, 6.45) is 10.8. The monoisotopic (exact) mass is 192 g/mol. The molecule has 2 heteroatoms. The molecule has 0 radical (unpaired) electrons. The highest BCUT2D eigenvalue weighted by Gasteiger charge is 2.49. The molecule has 2 nitrogen and oxygen atoms in total. The Labute approximate surface area is 84.3 Å². The van der Waals surface area contributed by atoms with E-state index in [1.165, 1.54) is 6.42 Å². The minimum absolute atomic E-state index is 0.131. The molecule has 0 aromatic carbocycles. The van der Waals surface area contributed by atoms with Crippen molar-refractivity contribution in [2.45, 2.75) is 12.5 Å². The molecule has 3 rings (SSSR count). The van der Waals surface area contributed by atoms with Crippen molar-refractivity contribution in [2.24, 2.45) is 23.7 Å². The van der Waals surface area contributed by atoms with Crippen LogP contribution in [0.25, 0.3) is 0 Å². The third-order valence-electron chi connectivity index (χ3n) is 3.89. The first kappa shape index (κ1) is 8.69. The van der Waals surface area contributed by atoms with Gasteiger partial charge in [0.1, 0.15) is 0 Å². The van der Waals surface area contributed by atoms with Crippen molar-refractivity contribution in [3.63, 3.8) is 0 Å². The van der Waals surface area contributed by atoms with E-state index in [0.717, 1.165) is 11.8 Å². The van der Waals surface area contributed by atoms with Crippen molar-refractivity contribution >= 4 is 0 Å². The SMILES string of the molecule is OCCOC1C=CC2C3C=CC(C3)C12. The van der Waals surface area contributed by atoms with Crippen LogP contribution in [0, 0.1) is 23.7 Å². The predicted molar refractivity (Wildman–Crippen MR) is 53.7 cm³/mol. The van der Waals surface area contributed by atoms with Crippen LogP contribution in [-0.2, 0) is 4.74 Å². The maximum Gasteiger partial charge on any atom is 0.0796 e. The van der Waals surface area contributed by atoms with Gasteiger partial charge in [-0.1, -0.05) is 24.3 Å². The van der Waals surface area contributed by atoms with Gasteiger partial charge in [0.05, 0.1) is 19.3 Å². The van der Waals surface area contributed by atoms with Crippen molar-refractivity contribution in [1.82, 2.24) is 0 Å². The summed E-state index contributed by atoms with van der Waals surface area (Å²) in [5.41, 5.74) is 0. The summed E-state index contributed by atoms with van der Waals surface area (Å²) >= 11 is 0. The second-order valence-corrected chi connectivity index (χ2v) is 4.55. The third-order valence-corrected chi connectivity index (χ3v) is 3.89. The van der Waals surface area contributed by atoms with Gasteiger partial charge in [-0.2, -0.15) is 0 Å². The molecule has 76 valence electrons. The van der Waals surface area contributed by atoms with Crippen LogP contribution in [0.3, 0.4) is 0 Å². The molecule has 0 aromatic heterocycles.